The number of aryl methyl sites for hydroxylation is 2. The molecule has 1 aromatic carbocycles. The molecule has 2 aromatic rings. The van der Waals surface area contributed by atoms with Gasteiger partial charge in [-0.2, -0.15) is 0 Å². The highest BCUT2D eigenvalue weighted by Gasteiger charge is 2.05. The Morgan fingerprint density at radius 1 is 1.14 bits per heavy atom. The van der Waals surface area contributed by atoms with Crippen molar-refractivity contribution in [3.05, 3.63) is 41.7 Å². The highest BCUT2D eigenvalue weighted by molar-refractivity contribution is 5.85. The Hall–Kier alpha value is -1.28. The molecule has 1 aromatic heterocycles. The number of halogens is 1. The number of hydrogen-bond donors (Lipinski definition) is 1. The molecule has 74 valence electrons. The zero-order valence-corrected chi connectivity index (χ0v) is 9.06. The van der Waals surface area contributed by atoms with Gasteiger partial charge in [0.25, 0.3) is 0 Å². The number of nitrogens with one attached hydrogen (secondary N) is 1. The number of aromatic amines is 1. The Balaban J connectivity index is 0.000000980. The lowest BCUT2D eigenvalue weighted by molar-refractivity contribution is 1.26. The second-order valence-corrected chi connectivity index (χ2v) is 3.20. The zero-order chi connectivity index (χ0) is 9.26. The van der Waals surface area contributed by atoms with E-state index in [2.05, 4.69) is 42.0 Å². The lowest BCUT2D eigenvalue weighted by atomic mass is 10.0. The van der Waals surface area contributed by atoms with Gasteiger partial charge in [0.15, 0.2) is 0 Å². The van der Waals surface area contributed by atoms with Gasteiger partial charge in [-0.25, -0.2) is 4.98 Å². The van der Waals surface area contributed by atoms with Crippen LogP contribution < -0.4 is 0 Å². The van der Waals surface area contributed by atoms with E-state index in [9.17, 15) is 0 Å². The number of rotatable bonds is 1. The minimum atomic E-state index is 0. The lowest BCUT2D eigenvalue weighted by Crippen LogP contribution is -1.88. The van der Waals surface area contributed by atoms with Crippen molar-refractivity contribution in [2.75, 3.05) is 0 Å². The maximum absolute atomic E-state index is 4.25. The third kappa shape index (κ3) is 1.80. The summed E-state index contributed by atoms with van der Waals surface area (Å²) in [5.41, 5.74) is 3.73. The van der Waals surface area contributed by atoms with Crippen LogP contribution in [0, 0.1) is 13.8 Å². The molecule has 0 saturated carbocycles. The van der Waals surface area contributed by atoms with Crippen molar-refractivity contribution in [3.8, 4) is 11.4 Å². The molecule has 0 unspecified atom stereocenters. The van der Waals surface area contributed by atoms with Crippen LogP contribution in [0.1, 0.15) is 11.1 Å². The number of imidazole rings is 1. The van der Waals surface area contributed by atoms with Gasteiger partial charge in [-0.15, -0.1) is 12.4 Å². The summed E-state index contributed by atoms with van der Waals surface area (Å²) in [6.45, 7) is 4.20. The maximum Gasteiger partial charge on any atom is 0.137 e. The van der Waals surface area contributed by atoms with Gasteiger partial charge in [0, 0.05) is 18.0 Å². The van der Waals surface area contributed by atoms with Crippen molar-refractivity contribution < 1.29 is 0 Å². The Labute approximate surface area is 89.8 Å². The maximum atomic E-state index is 4.25. The van der Waals surface area contributed by atoms with Crippen molar-refractivity contribution in [2.45, 2.75) is 13.8 Å². The van der Waals surface area contributed by atoms with Crippen LogP contribution in [0.5, 0.6) is 0 Å². The van der Waals surface area contributed by atoms with Crippen molar-refractivity contribution >= 4 is 12.4 Å². The Kier molecular flexibility index (Phi) is 3.31. The van der Waals surface area contributed by atoms with Crippen molar-refractivity contribution in [2.24, 2.45) is 0 Å². The topological polar surface area (TPSA) is 28.7 Å². The Morgan fingerprint density at radius 2 is 1.79 bits per heavy atom. The summed E-state index contributed by atoms with van der Waals surface area (Å²) in [5.74, 6) is 0.954. The van der Waals surface area contributed by atoms with Gasteiger partial charge in [-0.1, -0.05) is 18.2 Å². The molecule has 0 bridgehead atoms. The van der Waals surface area contributed by atoms with Crippen LogP contribution in [-0.2, 0) is 0 Å². The van der Waals surface area contributed by atoms with Crippen molar-refractivity contribution in [3.63, 3.8) is 0 Å². The van der Waals surface area contributed by atoms with Gasteiger partial charge in [0.2, 0.25) is 0 Å². The predicted molar refractivity (Wildman–Crippen MR) is 60.7 cm³/mol. The van der Waals surface area contributed by atoms with Gasteiger partial charge in [-0.3, -0.25) is 0 Å². The molecular formula is C11H13ClN2. The number of aromatic nitrogens is 2. The minimum absolute atomic E-state index is 0. The predicted octanol–water partition coefficient (Wildman–Crippen LogP) is 3.12. The summed E-state index contributed by atoms with van der Waals surface area (Å²) in [7, 11) is 0. The third-order valence-corrected chi connectivity index (χ3v) is 2.22. The summed E-state index contributed by atoms with van der Waals surface area (Å²) in [6.07, 6.45) is 3.63. The van der Waals surface area contributed by atoms with E-state index in [1.165, 1.54) is 16.7 Å². The molecule has 1 N–H and O–H groups in total. The summed E-state index contributed by atoms with van der Waals surface area (Å²) in [4.78, 5) is 7.38. The fraction of sp³-hybridized carbons (Fsp3) is 0.182. The fourth-order valence-electron chi connectivity index (χ4n) is 1.59. The standard InChI is InChI=1S/C11H12N2.ClH/c1-8-4-3-5-9(2)10(8)11-12-6-7-13-11;/h3-7H,1-2H3,(H,12,13);1H. The van der Waals surface area contributed by atoms with Crippen LogP contribution in [0.15, 0.2) is 30.6 Å². The molecule has 0 saturated heterocycles. The molecule has 0 amide bonds. The van der Waals surface area contributed by atoms with E-state index in [4.69, 9.17) is 0 Å². The molecule has 3 heteroatoms. The molecule has 14 heavy (non-hydrogen) atoms. The summed E-state index contributed by atoms with van der Waals surface area (Å²) < 4.78 is 0. The van der Waals surface area contributed by atoms with E-state index in [0.29, 0.717) is 0 Å². The first kappa shape index (κ1) is 10.8. The van der Waals surface area contributed by atoms with Crippen LogP contribution in [-0.4, -0.2) is 9.97 Å². The molecule has 2 rings (SSSR count). The summed E-state index contributed by atoms with van der Waals surface area (Å²) >= 11 is 0. The fourth-order valence-corrected chi connectivity index (χ4v) is 1.59. The van der Waals surface area contributed by atoms with Crippen LogP contribution in [0.4, 0.5) is 0 Å². The van der Waals surface area contributed by atoms with Crippen LogP contribution in [0.25, 0.3) is 11.4 Å². The monoisotopic (exact) mass is 208 g/mol. The number of H-pyrrole nitrogens is 1. The number of nitrogens with zero attached hydrogens (tertiary/aromatic N) is 1. The quantitative estimate of drug-likeness (QED) is 0.767. The molecule has 2 nitrogen and oxygen atoms in total. The molecule has 0 aliphatic rings. The molecule has 0 radical (unpaired) electrons. The van der Waals surface area contributed by atoms with E-state index in [1.54, 1.807) is 6.20 Å². The largest absolute Gasteiger partial charge is 0.345 e. The SMILES string of the molecule is Cc1cccc(C)c1-c1ncc[nH]1.Cl. The van der Waals surface area contributed by atoms with E-state index >= 15 is 0 Å². The minimum Gasteiger partial charge on any atom is -0.345 e. The van der Waals surface area contributed by atoms with Gasteiger partial charge < -0.3 is 4.98 Å². The molecule has 0 atom stereocenters. The van der Waals surface area contributed by atoms with Crippen LogP contribution >= 0.6 is 12.4 Å². The zero-order valence-electron chi connectivity index (χ0n) is 8.24. The van der Waals surface area contributed by atoms with Crippen molar-refractivity contribution in [1.29, 1.82) is 0 Å². The van der Waals surface area contributed by atoms with Crippen molar-refractivity contribution in [1.82, 2.24) is 9.97 Å². The molecule has 0 aliphatic carbocycles. The van der Waals surface area contributed by atoms with E-state index in [-0.39, 0.29) is 12.4 Å². The third-order valence-electron chi connectivity index (χ3n) is 2.22. The molecule has 0 aliphatic heterocycles. The first-order valence-corrected chi connectivity index (χ1v) is 4.35. The van der Waals surface area contributed by atoms with Gasteiger partial charge in [-0.05, 0) is 25.0 Å². The molecule has 0 fully saturated rings. The van der Waals surface area contributed by atoms with E-state index < -0.39 is 0 Å². The Bertz CT molecular complexity index is 387. The average molecular weight is 209 g/mol. The molecular weight excluding hydrogens is 196 g/mol. The van der Waals surface area contributed by atoms with Crippen LogP contribution in [0.3, 0.4) is 0 Å². The van der Waals surface area contributed by atoms with E-state index in [0.717, 1.165) is 5.82 Å². The summed E-state index contributed by atoms with van der Waals surface area (Å²) in [5, 5.41) is 0. The molecule has 1 heterocycles. The van der Waals surface area contributed by atoms with Gasteiger partial charge >= 0.3 is 0 Å². The summed E-state index contributed by atoms with van der Waals surface area (Å²) in [6, 6.07) is 6.27. The average Bonchev–Trinajstić information content (AvgIpc) is 2.57. The highest BCUT2D eigenvalue weighted by atomic mass is 35.5. The van der Waals surface area contributed by atoms with Gasteiger partial charge in [0.1, 0.15) is 5.82 Å². The molecule has 0 spiro atoms. The highest BCUT2D eigenvalue weighted by Crippen LogP contribution is 2.23. The normalized spacial score (nSPS) is 9.57. The van der Waals surface area contributed by atoms with Gasteiger partial charge in [0.05, 0.1) is 0 Å². The second kappa shape index (κ2) is 4.29. The van der Waals surface area contributed by atoms with E-state index in [1.807, 2.05) is 6.20 Å². The number of benzene rings is 1. The number of hydrogen-bond acceptors (Lipinski definition) is 1. The second-order valence-electron chi connectivity index (χ2n) is 3.20. The smallest absolute Gasteiger partial charge is 0.137 e. The lowest BCUT2D eigenvalue weighted by Gasteiger charge is -2.05. The Morgan fingerprint density at radius 3 is 2.29 bits per heavy atom. The first-order valence-electron chi connectivity index (χ1n) is 4.35. The van der Waals surface area contributed by atoms with Crippen LogP contribution in [0.2, 0.25) is 0 Å². The first-order chi connectivity index (χ1) is 6.29.